The van der Waals surface area contributed by atoms with Crippen molar-refractivity contribution in [2.75, 3.05) is 11.9 Å². The van der Waals surface area contributed by atoms with E-state index in [1.165, 1.54) is 0 Å². The highest BCUT2D eigenvalue weighted by atomic mass is 16.6. The van der Waals surface area contributed by atoms with Gasteiger partial charge in [-0.25, -0.2) is 9.59 Å². The highest BCUT2D eigenvalue weighted by Gasteiger charge is 2.27. The molecule has 1 N–H and O–H groups in total. The van der Waals surface area contributed by atoms with Crippen LogP contribution in [0.3, 0.4) is 0 Å². The Morgan fingerprint density at radius 1 is 1.07 bits per heavy atom. The molecule has 0 fully saturated rings. The summed E-state index contributed by atoms with van der Waals surface area (Å²) in [5.41, 5.74) is 1.37. The van der Waals surface area contributed by atoms with E-state index in [0.717, 1.165) is 17.5 Å². The van der Waals surface area contributed by atoms with E-state index in [1.54, 1.807) is 4.90 Å². The zero-order chi connectivity index (χ0) is 21.7. The van der Waals surface area contributed by atoms with Gasteiger partial charge in [0.05, 0.1) is 6.04 Å². The molecule has 2 amide bonds. The molecule has 0 aromatic heterocycles. The van der Waals surface area contributed by atoms with Gasteiger partial charge in [0.2, 0.25) is 0 Å². The van der Waals surface area contributed by atoms with Gasteiger partial charge in [-0.1, -0.05) is 19.1 Å². The summed E-state index contributed by atoms with van der Waals surface area (Å²) < 4.78 is 10.9. The van der Waals surface area contributed by atoms with Crippen LogP contribution in [0, 0.1) is 6.92 Å². The molecule has 0 aliphatic rings. The van der Waals surface area contributed by atoms with Crippen molar-refractivity contribution in [3.63, 3.8) is 0 Å². The van der Waals surface area contributed by atoms with E-state index < -0.39 is 17.3 Å². The second-order valence-corrected chi connectivity index (χ2v) is 9.05. The molecule has 158 valence electrons. The first-order chi connectivity index (χ1) is 12.7. The molecule has 1 aromatic carbocycles. The minimum absolute atomic E-state index is 0.199. The second kappa shape index (κ2) is 9.30. The van der Waals surface area contributed by atoms with Crippen LogP contribution >= 0.6 is 0 Å². The molecule has 1 atom stereocenters. The lowest BCUT2D eigenvalue weighted by Crippen LogP contribution is -2.39. The number of hydrogen-bond donors (Lipinski definition) is 1. The molecule has 6 heteroatoms. The van der Waals surface area contributed by atoms with Crippen LogP contribution in [0.25, 0.3) is 0 Å². The Hall–Kier alpha value is -2.24. The first-order valence-electron chi connectivity index (χ1n) is 9.83. The highest BCUT2D eigenvalue weighted by molar-refractivity contribution is 5.86. The number of rotatable bonds is 5. The van der Waals surface area contributed by atoms with Gasteiger partial charge in [-0.05, 0) is 79.0 Å². The van der Waals surface area contributed by atoms with E-state index >= 15 is 0 Å². The van der Waals surface area contributed by atoms with Gasteiger partial charge in [0, 0.05) is 12.2 Å². The number of amides is 2. The van der Waals surface area contributed by atoms with Crippen molar-refractivity contribution >= 4 is 17.9 Å². The standard InChI is InChI=1S/C22H36N2O4/c1-10-13-24(20(26)28-22(7,8)9)16(3)17-12-11-15(2)18(14-17)23-19(25)27-21(4,5)6/h11-12,14,16H,10,13H2,1-9H3,(H,23,25)/t16-/m0/s1. The Morgan fingerprint density at radius 3 is 2.14 bits per heavy atom. The quantitative estimate of drug-likeness (QED) is 0.662. The molecular weight excluding hydrogens is 356 g/mol. The number of anilines is 1. The van der Waals surface area contributed by atoms with Gasteiger partial charge in [0.25, 0.3) is 0 Å². The third-order valence-corrected chi connectivity index (χ3v) is 3.94. The summed E-state index contributed by atoms with van der Waals surface area (Å²) in [6.45, 7) is 17.5. The third kappa shape index (κ3) is 7.79. The summed E-state index contributed by atoms with van der Waals surface area (Å²) >= 11 is 0. The number of aryl methyl sites for hydroxylation is 1. The van der Waals surface area contributed by atoms with Crippen molar-refractivity contribution < 1.29 is 19.1 Å². The van der Waals surface area contributed by atoms with Crippen molar-refractivity contribution in [1.82, 2.24) is 4.90 Å². The van der Waals surface area contributed by atoms with Crippen LogP contribution in [0.4, 0.5) is 15.3 Å². The van der Waals surface area contributed by atoms with E-state index in [1.807, 2.05) is 80.5 Å². The largest absolute Gasteiger partial charge is 0.444 e. The van der Waals surface area contributed by atoms with Gasteiger partial charge in [-0.3, -0.25) is 5.32 Å². The van der Waals surface area contributed by atoms with Crippen LogP contribution in [0.1, 0.15) is 79.0 Å². The Morgan fingerprint density at radius 2 is 1.64 bits per heavy atom. The molecular formula is C22H36N2O4. The molecule has 0 aliphatic carbocycles. The van der Waals surface area contributed by atoms with Gasteiger partial charge in [0.15, 0.2) is 0 Å². The first kappa shape index (κ1) is 23.8. The van der Waals surface area contributed by atoms with E-state index in [-0.39, 0.29) is 12.1 Å². The number of benzene rings is 1. The maximum absolute atomic E-state index is 12.7. The Kier molecular flexibility index (Phi) is 7.91. The van der Waals surface area contributed by atoms with Crippen molar-refractivity contribution in [3.05, 3.63) is 29.3 Å². The normalized spacial score (nSPS) is 12.9. The average molecular weight is 393 g/mol. The van der Waals surface area contributed by atoms with E-state index in [2.05, 4.69) is 5.32 Å². The molecule has 0 saturated carbocycles. The maximum Gasteiger partial charge on any atom is 0.412 e. The highest BCUT2D eigenvalue weighted by Crippen LogP contribution is 2.27. The zero-order valence-electron chi connectivity index (χ0n) is 18.8. The van der Waals surface area contributed by atoms with Crippen LogP contribution in [0.15, 0.2) is 18.2 Å². The third-order valence-electron chi connectivity index (χ3n) is 3.94. The van der Waals surface area contributed by atoms with E-state index in [9.17, 15) is 9.59 Å². The lowest BCUT2D eigenvalue weighted by molar-refractivity contribution is 0.0173. The van der Waals surface area contributed by atoms with Crippen LogP contribution in [-0.4, -0.2) is 34.8 Å². The van der Waals surface area contributed by atoms with Crippen LogP contribution in [0.2, 0.25) is 0 Å². The van der Waals surface area contributed by atoms with Crippen molar-refractivity contribution in [3.8, 4) is 0 Å². The molecule has 0 bridgehead atoms. The maximum atomic E-state index is 12.7. The fourth-order valence-corrected chi connectivity index (χ4v) is 2.63. The topological polar surface area (TPSA) is 67.9 Å². The fourth-order valence-electron chi connectivity index (χ4n) is 2.63. The van der Waals surface area contributed by atoms with Crippen LogP contribution < -0.4 is 5.32 Å². The smallest absolute Gasteiger partial charge is 0.412 e. The van der Waals surface area contributed by atoms with Crippen LogP contribution in [-0.2, 0) is 9.47 Å². The molecule has 28 heavy (non-hydrogen) atoms. The molecule has 6 nitrogen and oxygen atoms in total. The summed E-state index contributed by atoms with van der Waals surface area (Å²) in [6.07, 6.45) is -0.0274. The number of nitrogens with zero attached hydrogens (tertiary/aromatic N) is 1. The van der Waals surface area contributed by atoms with Gasteiger partial charge < -0.3 is 14.4 Å². The molecule has 0 radical (unpaired) electrons. The molecule has 0 unspecified atom stereocenters. The number of carbonyl (C=O) groups is 2. The SMILES string of the molecule is CCCN(C(=O)OC(C)(C)C)[C@@H](C)c1ccc(C)c(NC(=O)OC(C)(C)C)c1. The number of carbonyl (C=O) groups excluding carboxylic acids is 2. The molecule has 1 rings (SSSR count). The minimum atomic E-state index is -0.572. The molecule has 0 aliphatic heterocycles. The van der Waals surface area contributed by atoms with E-state index in [4.69, 9.17) is 9.47 Å². The molecule has 0 saturated heterocycles. The lowest BCUT2D eigenvalue weighted by atomic mass is 10.0. The summed E-state index contributed by atoms with van der Waals surface area (Å²) in [5.74, 6) is 0. The summed E-state index contributed by atoms with van der Waals surface area (Å²) in [5, 5.41) is 2.80. The fraction of sp³-hybridized carbons (Fsp3) is 0.636. The van der Waals surface area contributed by atoms with Gasteiger partial charge in [-0.15, -0.1) is 0 Å². The second-order valence-electron chi connectivity index (χ2n) is 9.05. The summed E-state index contributed by atoms with van der Waals surface area (Å²) in [4.78, 5) is 26.5. The van der Waals surface area contributed by atoms with Gasteiger partial charge in [-0.2, -0.15) is 0 Å². The number of nitrogens with one attached hydrogen (secondary N) is 1. The van der Waals surface area contributed by atoms with Crippen LogP contribution in [0.5, 0.6) is 0 Å². The number of hydrogen-bond acceptors (Lipinski definition) is 4. The monoisotopic (exact) mass is 392 g/mol. The number of ether oxygens (including phenoxy) is 2. The summed E-state index contributed by atoms with van der Waals surface area (Å²) in [6, 6.07) is 5.58. The predicted octanol–water partition coefficient (Wildman–Crippen LogP) is 6.05. The average Bonchev–Trinajstić information content (AvgIpc) is 2.50. The van der Waals surface area contributed by atoms with Crippen molar-refractivity contribution in [2.24, 2.45) is 0 Å². The molecule has 0 heterocycles. The summed E-state index contributed by atoms with van der Waals surface area (Å²) in [7, 11) is 0. The Balaban J connectivity index is 3.07. The van der Waals surface area contributed by atoms with E-state index in [0.29, 0.717) is 12.2 Å². The van der Waals surface area contributed by atoms with Crippen molar-refractivity contribution in [2.45, 2.75) is 86.0 Å². The Bertz CT molecular complexity index is 687. The predicted molar refractivity (Wildman–Crippen MR) is 113 cm³/mol. The van der Waals surface area contributed by atoms with Gasteiger partial charge in [0.1, 0.15) is 11.2 Å². The molecule has 0 spiro atoms. The Labute approximate surface area is 169 Å². The zero-order valence-corrected chi connectivity index (χ0v) is 18.8. The molecule has 1 aromatic rings. The minimum Gasteiger partial charge on any atom is -0.444 e. The first-order valence-corrected chi connectivity index (χ1v) is 9.83. The van der Waals surface area contributed by atoms with Crippen molar-refractivity contribution in [1.29, 1.82) is 0 Å². The van der Waals surface area contributed by atoms with Gasteiger partial charge >= 0.3 is 12.2 Å². The lowest BCUT2D eigenvalue weighted by Gasteiger charge is -2.32.